The number of benzene rings is 9. The normalized spacial score (nSPS) is 14.3. The van der Waals surface area contributed by atoms with Gasteiger partial charge in [0.25, 0.3) is 0 Å². The molecule has 0 atom stereocenters. The lowest BCUT2D eigenvalue weighted by Crippen LogP contribution is -2.11. The van der Waals surface area contributed by atoms with Crippen LogP contribution in [-0.4, -0.2) is 0 Å². The van der Waals surface area contributed by atoms with E-state index in [1.807, 2.05) is 0 Å². The standard InChI is InChI=1S/C63H55N/c1-44-20-32-58(33-21-44)64(63-61-42-54-18-10-8-16-52(54)39-56(61)41-57-40-53-17-9-11-19-55(53)43-62(57)63)59-34-26-49(27-35-59)38-60(50-28-22-47(23-29-50)36-45-12-4-2-5-13-45)51-30-24-48(25-31-51)37-46-14-6-3-7-15-46/h8-11,16-43H,2-7,12-15H2,1H3. The number of aryl methyl sites for hydroxylation is 1. The van der Waals surface area contributed by atoms with E-state index in [0.29, 0.717) is 0 Å². The first kappa shape index (κ1) is 39.9. The van der Waals surface area contributed by atoms with Crippen molar-refractivity contribution in [3.8, 4) is 0 Å². The van der Waals surface area contributed by atoms with Gasteiger partial charge in [0.1, 0.15) is 0 Å². The molecule has 312 valence electrons. The Kier molecular flexibility index (Phi) is 11.0. The molecule has 0 bridgehead atoms. The van der Waals surface area contributed by atoms with E-state index in [1.54, 1.807) is 11.1 Å². The highest BCUT2D eigenvalue weighted by atomic mass is 15.1. The van der Waals surface area contributed by atoms with Gasteiger partial charge in [-0.2, -0.15) is 0 Å². The van der Waals surface area contributed by atoms with E-state index in [-0.39, 0.29) is 0 Å². The van der Waals surface area contributed by atoms with Crippen molar-refractivity contribution in [3.63, 3.8) is 0 Å². The van der Waals surface area contributed by atoms with Crippen LogP contribution in [-0.2, 0) is 0 Å². The summed E-state index contributed by atoms with van der Waals surface area (Å²) in [6, 6.07) is 66.2. The van der Waals surface area contributed by atoms with Crippen LogP contribution in [0.3, 0.4) is 0 Å². The van der Waals surface area contributed by atoms with Crippen molar-refractivity contribution in [1.29, 1.82) is 0 Å². The van der Waals surface area contributed by atoms with Crippen molar-refractivity contribution in [3.05, 3.63) is 220 Å². The first-order valence-corrected chi connectivity index (χ1v) is 23.6. The predicted octanol–water partition coefficient (Wildman–Crippen LogP) is 18.4. The molecule has 0 amide bonds. The molecule has 2 aliphatic rings. The van der Waals surface area contributed by atoms with E-state index in [9.17, 15) is 0 Å². The highest BCUT2D eigenvalue weighted by Crippen LogP contribution is 2.46. The summed E-state index contributed by atoms with van der Waals surface area (Å²) in [6.45, 7) is 2.17. The predicted molar refractivity (Wildman–Crippen MR) is 278 cm³/mol. The first-order valence-electron chi connectivity index (χ1n) is 23.6. The number of nitrogens with zero attached hydrogens (tertiary/aromatic N) is 1. The molecule has 1 nitrogen and oxygen atoms in total. The van der Waals surface area contributed by atoms with E-state index in [4.69, 9.17) is 0 Å². The molecule has 0 aliphatic heterocycles. The van der Waals surface area contributed by atoms with Gasteiger partial charge in [0.05, 0.1) is 5.69 Å². The van der Waals surface area contributed by atoms with Crippen LogP contribution in [0.1, 0.15) is 97.6 Å². The second-order valence-corrected chi connectivity index (χ2v) is 18.4. The van der Waals surface area contributed by atoms with E-state index in [0.717, 1.165) is 11.4 Å². The molecular formula is C63H55N. The molecule has 0 saturated heterocycles. The van der Waals surface area contributed by atoms with Gasteiger partial charge in [0.2, 0.25) is 0 Å². The molecule has 2 fully saturated rings. The smallest absolute Gasteiger partial charge is 0.0618 e. The van der Waals surface area contributed by atoms with Crippen molar-refractivity contribution in [1.82, 2.24) is 0 Å². The van der Waals surface area contributed by atoms with Gasteiger partial charge in [0.15, 0.2) is 0 Å². The van der Waals surface area contributed by atoms with E-state index < -0.39 is 0 Å². The summed E-state index contributed by atoms with van der Waals surface area (Å²) in [4.78, 5) is 2.49. The van der Waals surface area contributed by atoms with Gasteiger partial charge in [-0.05, 0) is 185 Å². The molecule has 2 saturated carbocycles. The van der Waals surface area contributed by atoms with Gasteiger partial charge in [-0.3, -0.25) is 0 Å². The minimum atomic E-state index is 1.12. The van der Waals surface area contributed by atoms with Crippen LogP contribution in [0, 0.1) is 6.92 Å². The van der Waals surface area contributed by atoms with Crippen LogP contribution in [0.4, 0.5) is 17.1 Å². The molecule has 0 unspecified atom stereocenters. The topological polar surface area (TPSA) is 3.24 Å². The summed E-state index contributed by atoms with van der Waals surface area (Å²) in [6.07, 6.45) is 20.2. The SMILES string of the molecule is Cc1ccc(N(c2ccc(C=C(c3ccc(C=C4CCCCC4)cc3)c3ccc(C=C4CCCCC4)cc3)cc2)c2c3cc4ccccc4cc3cc3cc4ccccc4cc23)cc1. The number of anilines is 3. The molecule has 0 radical (unpaired) electrons. The van der Waals surface area contributed by atoms with E-state index in [2.05, 4.69) is 206 Å². The molecule has 1 heteroatoms. The van der Waals surface area contributed by atoms with Gasteiger partial charge in [0, 0.05) is 22.1 Å². The average molecular weight is 826 g/mol. The van der Waals surface area contributed by atoms with Crippen molar-refractivity contribution < 1.29 is 0 Å². The number of rotatable bonds is 8. The summed E-state index contributed by atoms with van der Waals surface area (Å²) in [7, 11) is 0. The lowest BCUT2D eigenvalue weighted by Gasteiger charge is -2.29. The molecule has 64 heavy (non-hydrogen) atoms. The number of fused-ring (bicyclic) bond motifs is 4. The maximum absolute atomic E-state index is 2.49. The summed E-state index contributed by atoms with van der Waals surface area (Å²) >= 11 is 0. The molecule has 9 aromatic rings. The van der Waals surface area contributed by atoms with Crippen LogP contribution in [0.2, 0.25) is 0 Å². The van der Waals surface area contributed by atoms with Crippen LogP contribution >= 0.6 is 0 Å². The molecule has 0 N–H and O–H groups in total. The fourth-order valence-corrected chi connectivity index (χ4v) is 10.3. The van der Waals surface area contributed by atoms with Gasteiger partial charge in [-0.15, -0.1) is 0 Å². The molecule has 0 spiro atoms. The third-order valence-corrected chi connectivity index (χ3v) is 13.8. The van der Waals surface area contributed by atoms with Crippen molar-refractivity contribution in [2.24, 2.45) is 0 Å². The Labute approximate surface area is 378 Å². The van der Waals surface area contributed by atoms with Gasteiger partial charge < -0.3 is 4.90 Å². The van der Waals surface area contributed by atoms with Gasteiger partial charge in [-0.25, -0.2) is 0 Å². The van der Waals surface area contributed by atoms with Crippen LogP contribution < -0.4 is 4.90 Å². The zero-order valence-corrected chi connectivity index (χ0v) is 37.0. The van der Waals surface area contributed by atoms with Crippen molar-refractivity contribution >= 4 is 84.0 Å². The second kappa shape index (κ2) is 17.7. The third-order valence-electron chi connectivity index (χ3n) is 13.8. The minimum absolute atomic E-state index is 1.12. The largest absolute Gasteiger partial charge is 0.309 e. The first-order chi connectivity index (χ1) is 31.6. The summed E-state index contributed by atoms with van der Waals surface area (Å²) < 4.78 is 0. The second-order valence-electron chi connectivity index (χ2n) is 18.4. The molecule has 9 aromatic carbocycles. The Balaban J connectivity index is 1.04. The number of hydrogen-bond donors (Lipinski definition) is 0. The van der Waals surface area contributed by atoms with Crippen LogP contribution in [0.15, 0.2) is 187 Å². The summed E-state index contributed by atoms with van der Waals surface area (Å²) in [5, 5.41) is 9.93. The molecule has 0 aromatic heterocycles. The summed E-state index contributed by atoms with van der Waals surface area (Å²) in [5.74, 6) is 0. The molecular weight excluding hydrogens is 771 g/mol. The Hall–Kier alpha value is -6.96. The Morgan fingerprint density at radius 1 is 0.391 bits per heavy atom. The monoisotopic (exact) mass is 825 g/mol. The van der Waals surface area contributed by atoms with Crippen molar-refractivity contribution in [2.45, 2.75) is 71.1 Å². The number of allylic oxidation sites excluding steroid dienone is 2. The third kappa shape index (κ3) is 8.31. The summed E-state index contributed by atoms with van der Waals surface area (Å²) in [5.41, 5.74) is 15.4. The Morgan fingerprint density at radius 2 is 0.781 bits per heavy atom. The zero-order valence-electron chi connectivity index (χ0n) is 37.0. The molecule has 2 aliphatic carbocycles. The fraction of sp³-hybridized carbons (Fsp3) is 0.175. The quantitative estimate of drug-likeness (QED) is 0.109. The lowest BCUT2D eigenvalue weighted by atomic mass is 9.91. The Bertz CT molecular complexity index is 3050. The lowest BCUT2D eigenvalue weighted by molar-refractivity contribution is 0.602. The highest BCUT2D eigenvalue weighted by molar-refractivity contribution is 6.19. The maximum Gasteiger partial charge on any atom is 0.0618 e. The van der Waals surface area contributed by atoms with Gasteiger partial charge >= 0.3 is 0 Å². The van der Waals surface area contributed by atoms with E-state index in [1.165, 1.54) is 152 Å². The highest BCUT2D eigenvalue weighted by Gasteiger charge is 2.21. The maximum atomic E-state index is 2.49. The van der Waals surface area contributed by atoms with E-state index >= 15 is 0 Å². The molecule has 0 heterocycles. The van der Waals surface area contributed by atoms with Crippen molar-refractivity contribution in [2.75, 3.05) is 4.90 Å². The zero-order chi connectivity index (χ0) is 42.8. The molecule has 11 rings (SSSR count). The minimum Gasteiger partial charge on any atom is -0.309 e. The van der Waals surface area contributed by atoms with Gasteiger partial charge in [-0.1, -0.05) is 163 Å². The fourth-order valence-electron chi connectivity index (χ4n) is 10.3. The number of hydrogen-bond acceptors (Lipinski definition) is 1. The van der Waals surface area contributed by atoms with Crippen LogP contribution in [0.25, 0.3) is 66.9 Å². The van der Waals surface area contributed by atoms with Crippen LogP contribution in [0.5, 0.6) is 0 Å². The Morgan fingerprint density at radius 3 is 1.23 bits per heavy atom. The average Bonchev–Trinajstić information content (AvgIpc) is 3.34.